The van der Waals surface area contributed by atoms with Crippen molar-refractivity contribution in [3.05, 3.63) is 35.9 Å². The van der Waals surface area contributed by atoms with Gasteiger partial charge >= 0.3 is 0 Å². The molecule has 2 aliphatic rings. The van der Waals surface area contributed by atoms with Crippen molar-refractivity contribution in [2.24, 2.45) is 5.92 Å². The van der Waals surface area contributed by atoms with Crippen molar-refractivity contribution in [3.63, 3.8) is 0 Å². The van der Waals surface area contributed by atoms with Gasteiger partial charge in [-0.1, -0.05) is 30.3 Å². The average Bonchev–Trinajstić information content (AvgIpc) is 3.10. The molecular weight excluding hydrogens is 224 g/mol. The predicted molar refractivity (Wildman–Crippen MR) is 72.3 cm³/mol. The highest BCUT2D eigenvalue weighted by Crippen LogP contribution is 2.32. The molecule has 2 unspecified atom stereocenters. The predicted octanol–water partition coefficient (Wildman–Crippen LogP) is 1.85. The summed E-state index contributed by atoms with van der Waals surface area (Å²) >= 11 is 0. The molecule has 3 rings (SSSR count). The molecule has 0 amide bonds. The molecule has 0 saturated carbocycles. The molecule has 2 heterocycles. The molecule has 2 saturated heterocycles. The van der Waals surface area contributed by atoms with Crippen molar-refractivity contribution in [2.45, 2.75) is 25.0 Å². The SMILES string of the molecule is c1ccc(C2(OCC3CCNC3)CCCN2)cc1. The Labute approximate surface area is 109 Å². The van der Waals surface area contributed by atoms with Gasteiger partial charge in [-0.25, -0.2) is 0 Å². The fourth-order valence-corrected chi connectivity index (χ4v) is 2.99. The zero-order valence-corrected chi connectivity index (χ0v) is 10.8. The number of nitrogens with one attached hydrogen (secondary N) is 2. The fourth-order valence-electron chi connectivity index (χ4n) is 2.99. The first kappa shape index (κ1) is 12.2. The van der Waals surface area contributed by atoms with Crippen molar-refractivity contribution < 1.29 is 4.74 Å². The topological polar surface area (TPSA) is 33.3 Å². The largest absolute Gasteiger partial charge is 0.356 e. The van der Waals surface area contributed by atoms with Crippen LogP contribution in [0.5, 0.6) is 0 Å². The lowest BCUT2D eigenvalue weighted by Gasteiger charge is -2.31. The Balaban J connectivity index is 1.70. The summed E-state index contributed by atoms with van der Waals surface area (Å²) in [5.74, 6) is 0.674. The zero-order chi connectivity index (χ0) is 12.3. The molecule has 2 N–H and O–H groups in total. The lowest BCUT2D eigenvalue weighted by Crippen LogP contribution is -2.41. The quantitative estimate of drug-likeness (QED) is 0.850. The molecule has 3 heteroatoms. The third-order valence-corrected chi connectivity index (χ3v) is 4.08. The summed E-state index contributed by atoms with van der Waals surface area (Å²) in [6, 6.07) is 10.6. The molecule has 0 aromatic heterocycles. The summed E-state index contributed by atoms with van der Waals surface area (Å²) in [5.41, 5.74) is 1.04. The van der Waals surface area contributed by atoms with Crippen LogP contribution in [-0.4, -0.2) is 26.2 Å². The third kappa shape index (κ3) is 2.44. The highest BCUT2D eigenvalue weighted by molar-refractivity contribution is 5.23. The highest BCUT2D eigenvalue weighted by Gasteiger charge is 2.36. The van der Waals surface area contributed by atoms with E-state index in [1.54, 1.807) is 0 Å². The minimum atomic E-state index is -0.232. The van der Waals surface area contributed by atoms with Crippen molar-refractivity contribution >= 4 is 0 Å². The molecule has 0 bridgehead atoms. The molecule has 2 atom stereocenters. The molecule has 0 aliphatic carbocycles. The van der Waals surface area contributed by atoms with Gasteiger partial charge in [0.15, 0.2) is 0 Å². The summed E-state index contributed by atoms with van der Waals surface area (Å²) in [4.78, 5) is 0. The Hall–Kier alpha value is -0.900. The monoisotopic (exact) mass is 246 g/mol. The second-order valence-corrected chi connectivity index (χ2v) is 5.39. The van der Waals surface area contributed by atoms with Crippen molar-refractivity contribution in [2.75, 3.05) is 26.2 Å². The van der Waals surface area contributed by atoms with Gasteiger partial charge in [0, 0.05) is 6.54 Å². The van der Waals surface area contributed by atoms with E-state index in [0.29, 0.717) is 5.92 Å². The van der Waals surface area contributed by atoms with Gasteiger partial charge in [-0.05, 0) is 43.8 Å². The van der Waals surface area contributed by atoms with Crippen LogP contribution in [0, 0.1) is 5.92 Å². The second kappa shape index (κ2) is 5.39. The van der Waals surface area contributed by atoms with Crippen LogP contribution < -0.4 is 10.6 Å². The van der Waals surface area contributed by atoms with Gasteiger partial charge < -0.3 is 10.1 Å². The zero-order valence-electron chi connectivity index (χ0n) is 10.8. The maximum Gasteiger partial charge on any atom is 0.145 e. The van der Waals surface area contributed by atoms with Gasteiger partial charge in [0.25, 0.3) is 0 Å². The maximum absolute atomic E-state index is 6.31. The number of rotatable bonds is 4. The van der Waals surface area contributed by atoms with E-state index in [9.17, 15) is 0 Å². The molecule has 98 valence electrons. The first-order valence-electron chi connectivity index (χ1n) is 7.04. The fraction of sp³-hybridized carbons (Fsp3) is 0.600. The van der Waals surface area contributed by atoms with Crippen LogP contribution in [0.1, 0.15) is 24.8 Å². The number of hydrogen-bond acceptors (Lipinski definition) is 3. The van der Waals surface area contributed by atoms with Crippen LogP contribution in [0.15, 0.2) is 30.3 Å². The molecule has 1 aromatic rings. The smallest absolute Gasteiger partial charge is 0.145 e. The molecule has 3 nitrogen and oxygen atoms in total. The summed E-state index contributed by atoms with van der Waals surface area (Å²) < 4.78 is 6.31. The third-order valence-electron chi connectivity index (χ3n) is 4.08. The van der Waals surface area contributed by atoms with Crippen molar-refractivity contribution in [3.8, 4) is 0 Å². The Bertz CT molecular complexity index is 367. The lowest BCUT2D eigenvalue weighted by molar-refractivity contribution is -0.0757. The van der Waals surface area contributed by atoms with Crippen LogP contribution >= 0.6 is 0 Å². The van der Waals surface area contributed by atoms with Crippen LogP contribution in [0.4, 0.5) is 0 Å². The van der Waals surface area contributed by atoms with E-state index in [1.807, 2.05) is 0 Å². The van der Waals surface area contributed by atoms with Crippen molar-refractivity contribution in [1.82, 2.24) is 10.6 Å². The highest BCUT2D eigenvalue weighted by atomic mass is 16.5. The summed E-state index contributed by atoms with van der Waals surface area (Å²) in [6.45, 7) is 4.15. The van der Waals surface area contributed by atoms with Gasteiger partial charge in [-0.15, -0.1) is 0 Å². The Morgan fingerprint density at radius 2 is 2.11 bits per heavy atom. The number of ether oxygens (including phenoxy) is 1. The first-order valence-corrected chi connectivity index (χ1v) is 7.04. The van der Waals surface area contributed by atoms with Crippen LogP contribution in [0.2, 0.25) is 0 Å². The molecule has 18 heavy (non-hydrogen) atoms. The normalized spacial score (nSPS) is 31.9. The molecule has 0 radical (unpaired) electrons. The summed E-state index contributed by atoms with van der Waals surface area (Å²) in [6.07, 6.45) is 3.51. The molecule has 1 aromatic carbocycles. The van der Waals surface area contributed by atoms with Gasteiger partial charge in [0.05, 0.1) is 6.61 Å². The van der Waals surface area contributed by atoms with Gasteiger partial charge in [0.2, 0.25) is 0 Å². The molecule has 2 aliphatic heterocycles. The standard InChI is InChI=1S/C15H22N2O/c1-2-5-14(6-3-1)15(8-4-9-17-15)18-12-13-7-10-16-11-13/h1-3,5-6,13,16-17H,4,7-12H2. The Kier molecular flexibility index (Phi) is 3.64. The van der Waals surface area contributed by atoms with Gasteiger partial charge in [-0.3, -0.25) is 5.32 Å². The van der Waals surface area contributed by atoms with E-state index < -0.39 is 0 Å². The second-order valence-electron chi connectivity index (χ2n) is 5.39. The summed E-state index contributed by atoms with van der Waals surface area (Å²) in [5, 5.41) is 6.97. The molecular formula is C15H22N2O. The average molecular weight is 246 g/mol. The summed E-state index contributed by atoms with van der Waals surface area (Å²) in [7, 11) is 0. The Morgan fingerprint density at radius 3 is 2.78 bits per heavy atom. The molecule has 0 spiro atoms. The number of benzene rings is 1. The van der Waals surface area contributed by atoms with E-state index in [1.165, 1.54) is 18.4 Å². The van der Waals surface area contributed by atoms with Crippen LogP contribution in [0.25, 0.3) is 0 Å². The van der Waals surface area contributed by atoms with E-state index in [0.717, 1.165) is 32.7 Å². The van der Waals surface area contributed by atoms with Crippen molar-refractivity contribution in [1.29, 1.82) is 0 Å². The van der Waals surface area contributed by atoms with Crippen LogP contribution in [-0.2, 0) is 10.5 Å². The minimum absolute atomic E-state index is 0.232. The van der Waals surface area contributed by atoms with E-state index in [-0.39, 0.29) is 5.72 Å². The van der Waals surface area contributed by atoms with E-state index in [2.05, 4.69) is 41.0 Å². The van der Waals surface area contributed by atoms with Gasteiger partial charge in [0.1, 0.15) is 5.72 Å². The van der Waals surface area contributed by atoms with Gasteiger partial charge in [-0.2, -0.15) is 0 Å². The molecule has 2 fully saturated rings. The van der Waals surface area contributed by atoms with Crippen LogP contribution in [0.3, 0.4) is 0 Å². The maximum atomic E-state index is 6.31. The van der Waals surface area contributed by atoms with E-state index >= 15 is 0 Å². The lowest BCUT2D eigenvalue weighted by atomic mass is 10.0. The Morgan fingerprint density at radius 1 is 1.22 bits per heavy atom. The first-order chi connectivity index (χ1) is 8.89. The van der Waals surface area contributed by atoms with E-state index in [4.69, 9.17) is 4.74 Å². The number of hydrogen-bond donors (Lipinski definition) is 2. The minimum Gasteiger partial charge on any atom is -0.356 e.